The van der Waals surface area contributed by atoms with E-state index < -0.39 is 0 Å². The minimum absolute atomic E-state index is 0.188. The van der Waals surface area contributed by atoms with Crippen LogP contribution in [0.15, 0.2) is 18.2 Å². The molecule has 1 aromatic rings. The van der Waals surface area contributed by atoms with Crippen LogP contribution in [0.2, 0.25) is 0 Å². The zero-order valence-electron chi connectivity index (χ0n) is 8.91. The van der Waals surface area contributed by atoms with E-state index in [-0.39, 0.29) is 6.10 Å². The molecule has 2 N–H and O–H groups in total. The smallest absolute Gasteiger partial charge is 0.162 e. The number of methoxy groups -OCH3 is 1. The molecule has 0 aliphatic carbocycles. The maximum absolute atomic E-state index is 5.66. The molecule has 78 valence electrons. The lowest BCUT2D eigenvalue weighted by Crippen LogP contribution is -2.10. The predicted molar refractivity (Wildman–Crippen MR) is 57.8 cm³/mol. The summed E-state index contributed by atoms with van der Waals surface area (Å²) in [5.74, 6) is 1.43. The maximum Gasteiger partial charge on any atom is 0.162 e. The van der Waals surface area contributed by atoms with E-state index in [1.165, 1.54) is 0 Å². The normalized spacial score (nSPS) is 12.2. The molecule has 3 nitrogen and oxygen atoms in total. The number of anilines is 1. The summed E-state index contributed by atoms with van der Waals surface area (Å²) in [7, 11) is 1.61. The number of hydrogen-bond donors (Lipinski definition) is 1. The molecule has 0 heterocycles. The molecule has 1 rings (SSSR count). The molecule has 0 radical (unpaired) electrons. The van der Waals surface area contributed by atoms with Crippen molar-refractivity contribution in [1.29, 1.82) is 0 Å². The summed E-state index contributed by atoms with van der Waals surface area (Å²) < 4.78 is 10.8. The van der Waals surface area contributed by atoms with E-state index in [0.29, 0.717) is 11.4 Å². The predicted octanol–water partition coefficient (Wildman–Crippen LogP) is 2.45. The lowest BCUT2D eigenvalue weighted by molar-refractivity contribution is 0.207. The fourth-order valence-electron chi connectivity index (χ4n) is 1.08. The Kier molecular flexibility index (Phi) is 3.63. The van der Waals surface area contributed by atoms with Gasteiger partial charge in [-0.2, -0.15) is 0 Å². The Balaban J connectivity index is 2.85. The van der Waals surface area contributed by atoms with Crippen molar-refractivity contribution in [3.05, 3.63) is 18.2 Å². The van der Waals surface area contributed by atoms with Crippen LogP contribution in [0.25, 0.3) is 0 Å². The molecule has 1 unspecified atom stereocenters. The van der Waals surface area contributed by atoms with Gasteiger partial charge in [0.15, 0.2) is 11.5 Å². The topological polar surface area (TPSA) is 44.5 Å². The van der Waals surface area contributed by atoms with E-state index in [2.05, 4.69) is 6.92 Å². The van der Waals surface area contributed by atoms with Crippen LogP contribution in [0.5, 0.6) is 11.5 Å². The number of ether oxygens (including phenoxy) is 2. The first kappa shape index (κ1) is 10.7. The maximum atomic E-state index is 5.66. The van der Waals surface area contributed by atoms with E-state index in [1.807, 2.05) is 13.0 Å². The Hall–Kier alpha value is -1.38. The van der Waals surface area contributed by atoms with Gasteiger partial charge < -0.3 is 15.2 Å². The van der Waals surface area contributed by atoms with E-state index in [0.717, 1.165) is 12.2 Å². The Morgan fingerprint density at radius 1 is 1.36 bits per heavy atom. The Morgan fingerprint density at radius 3 is 2.64 bits per heavy atom. The molecule has 0 bridgehead atoms. The first-order chi connectivity index (χ1) is 6.67. The molecule has 0 aromatic heterocycles. The average Bonchev–Trinajstić information content (AvgIpc) is 2.20. The van der Waals surface area contributed by atoms with Crippen molar-refractivity contribution in [3.8, 4) is 11.5 Å². The summed E-state index contributed by atoms with van der Waals surface area (Å²) in [5, 5.41) is 0. The summed E-state index contributed by atoms with van der Waals surface area (Å²) in [6.07, 6.45) is 1.15. The zero-order chi connectivity index (χ0) is 10.6. The number of rotatable bonds is 4. The summed E-state index contributed by atoms with van der Waals surface area (Å²) in [4.78, 5) is 0. The highest BCUT2D eigenvalue weighted by atomic mass is 16.5. The molecular formula is C11H17NO2. The third kappa shape index (κ3) is 2.55. The molecular weight excluding hydrogens is 178 g/mol. The monoisotopic (exact) mass is 195 g/mol. The lowest BCUT2D eigenvalue weighted by atomic mass is 10.2. The van der Waals surface area contributed by atoms with Gasteiger partial charge >= 0.3 is 0 Å². The largest absolute Gasteiger partial charge is 0.493 e. The second-order valence-electron chi connectivity index (χ2n) is 3.25. The Bertz CT molecular complexity index is 299. The van der Waals surface area contributed by atoms with Crippen molar-refractivity contribution in [2.24, 2.45) is 0 Å². The highest BCUT2D eigenvalue weighted by molar-refractivity contribution is 5.51. The van der Waals surface area contributed by atoms with Crippen LogP contribution in [-0.2, 0) is 0 Å². The highest BCUT2D eigenvalue weighted by Gasteiger charge is 2.07. The molecule has 3 heteroatoms. The quantitative estimate of drug-likeness (QED) is 0.750. The van der Waals surface area contributed by atoms with E-state index in [9.17, 15) is 0 Å². The van der Waals surface area contributed by atoms with E-state index in [1.54, 1.807) is 19.2 Å². The number of benzene rings is 1. The molecule has 1 atom stereocenters. The second kappa shape index (κ2) is 4.74. The first-order valence-electron chi connectivity index (χ1n) is 4.77. The van der Waals surface area contributed by atoms with Crippen molar-refractivity contribution in [2.45, 2.75) is 26.4 Å². The fraction of sp³-hybridized carbons (Fsp3) is 0.455. The van der Waals surface area contributed by atoms with Crippen molar-refractivity contribution < 1.29 is 9.47 Å². The van der Waals surface area contributed by atoms with E-state index >= 15 is 0 Å². The van der Waals surface area contributed by atoms with Crippen LogP contribution in [0.4, 0.5) is 5.69 Å². The number of hydrogen-bond acceptors (Lipinski definition) is 3. The van der Waals surface area contributed by atoms with Gasteiger partial charge in [0.25, 0.3) is 0 Å². The second-order valence-corrected chi connectivity index (χ2v) is 3.25. The van der Waals surface area contributed by atoms with Crippen LogP contribution >= 0.6 is 0 Å². The van der Waals surface area contributed by atoms with Crippen LogP contribution in [0.3, 0.4) is 0 Å². The molecule has 0 aliphatic rings. The van der Waals surface area contributed by atoms with Crippen molar-refractivity contribution >= 4 is 5.69 Å². The van der Waals surface area contributed by atoms with Gasteiger partial charge in [-0.15, -0.1) is 0 Å². The van der Waals surface area contributed by atoms with Gasteiger partial charge in [0.1, 0.15) is 0 Å². The van der Waals surface area contributed by atoms with Gasteiger partial charge in [-0.05, 0) is 25.5 Å². The van der Waals surface area contributed by atoms with Gasteiger partial charge in [-0.1, -0.05) is 6.92 Å². The molecule has 0 saturated carbocycles. The lowest BCUT2D eigenvalue weighted by Gasteiger charge is -2.15. The molecule has 0 spiro atoms. The summed E-state index contributed by atoms with van der Waals surface area (Å²) >= 11 is 0. The van der Waals surface area contributed by atoms with Crippen molar-refractivity contribution in [1.82, 2.24) is 0 Å². The third-order valence-corrected chi connectivity index (χ3v) is 2.09. The molecule has 0 aliphatic heterocycles. The number of nitrogens with two attached hydrogens (primary N) is 1. The standard InChI is InChI=1S/C11H17NO2/c1-4-8(2)14-10-6-5-9(12)7-11(10)13-3/h5-8H,4,12H2,1-3H3. The van der Waals surface area contributed by atoms with Crippen LogP contribution in [0.1, 0.15) is 20.3 Å². The van der Waals surface area contributed by atoms with Crippen LogP contribution < -0.4 is 15.2 Å². The minimum atomic E-state index is 0.188. The Morgan fingerprint density at radius 2 is 2.07 bits per heavy atom. The molecule has 1 aromatic carbocycles. The van der Waals surface area contributed by atoms with Gasteiger partial charge in [-0.3, -0.25) is 0 Å². The SMILES string of the molecule is CCC(C)Oc1ccc(N)cc1OC. The van der Waals surface area contributed by atoms with Gasteiger partial charge in [0.2, 0.25) is 0 Å². The average molecular weight is 195 g/mol. The molecule has 0 saturated heterocycles. The van der Waals surface area contributed by atoms with Crippen molar-refractivity contribution in [3.63, 3.8) is 0 Å². The Labute approximate surface area is 84.8 Å². The molecule has 0 amide bonds. The van der Waals surface area contributed by atoms with Crippen LogP contribution in [-0.4, -0.2) is 13.2 Å². The third-order valence-electron chi connectivity index (χ3n) is 2.09. The van der Waals surface area contributed by atoms with Gasteiger partial charge in [0, 0.05) is 11.8 Å². The van der Waals surface area contributed by atoms with E-state index in [4.69, 9.17) is 15.2 Å². The molecule has 14 heavy (non-hydrogen) atoms. The van der Waals surface area contributed by atoms with Crippen LogP contribution in [0, 0.1) is 0 Å². The van der Waals surface area contributed by atoms with Crippen molar-refractivity contribution in [2.75, 3.05) is 12.8 Å². The summed E-state index contributed by atoms with van der Waals surface area (Å²) in [6.45, 7) is 4.10. The van der Waals surface area contributed by atoms with Gasteiger partial charge in [0.05, 0.1) is 13.2 Å². The number of nitrogen functional groups attached to an aromatic ring is 1. The first-order valence-corrected chi connectivity index (χ1v) is 4.77. The minimum Gasteiger partial charge on any atom is -0.493 e. The summed E-state index contributed by atoms with van der Waals surface area (Å²) in [6, 6.07) is 5.40. The summed E-state index contributed by atoms with van der Waals surface area (Å²) in [5.41, 5.74) is 6.31. The van der Waals surface area contributed by atoms with Gasteiger partial charge in [-0.25, -0.2) is 0 Å². The molecule has 0 fully saturated rings. The fourth-order valence-corrected chi connectivity index (χ4v) is 1.08. The highest BCUT2D eigenvalue weighted by Crippen LogP contribution is 2.29. The zero-order valence-corrected chi connectivity index (χ0v) is 8.91.